The Labute approximate surface area is 123 Å². The van der Waals surface area contributed by atoms with Crippen molar-refractivity contribution in [1.29, 1.82) is 0 Å². The van der Waals surface area contributed by atoms with Crippen molar-refractivity contribution in [3.05, 3.63) is 36.2 Å². The maximum absolute atomic E-state index is 12.2. The van der Waals surface area contributed by atoms with Crippen molar-refractivity contribution in [3.8, 4) is 0 Å². The lowest BCUT2D eigenvalue weighted by Crippen LogP contribution is -2.39. The maximum atomic E-state index is 12.2. The van der Waals surface area contributed by atoms with E-state index >= 15 is 0 Å². The number of aliphatic carboxylic acids is 1. The van der Waals surface area contributed by atoms with E-state index in [1.807, 2.05) is 13.0 Å². The Hall–Kier alpha value is -2.21. The molecule has 0 unspecified atom stereocenters. The highest BCUT2D eigenvalue weighted by atomic mass is 16.5. The van der Waals surface area contributed by atoms with Gasteiger partial charge < -0.3 is 14.7 Å². The molecule has 6 heteroatoms. The van der Waals surface area contributed by atoms with Crippen molar-refractivity contribution in [2.45, 2.75) is 25.5 Å². The summed E-state index contributed by atoms with van der Waals surface area (Å²) in [5.41, 5.74) is 0.790. The number of carbonyl (C=O) groups is 2. The first-order chi connectivity index (χ1) is 10.1. The summed E-state index contributed by atoms with van der Waals surface area (Å²) in [4.78, 5) is 28.7. The van der Waals surface area contributed by atoms with Gasteiger partial charge in [-0.15, -0.1) is 0 Å². The van der Waals surface area contributed by atoms with E-state index in [1.54, 1.807) is 24.5 Å². The molecule has 1 saturated heterocycles. The number of rotatable bonds is 5. The first-order valence-corrected chi connectivity index (χ1v) is 6.85. The van der Waals surface area contributed by atoms with E-state index in [0.717, 1.165) is 5.56 Å². The number of aromatic nitrogens is 1. The summed E-state index contributed by atoms with van der Waals surface area (Å²) in [6.45, 7) is 2.66. The summed E-state index contributed by atoms with van der Waals surface area (Å²) in [6.07, 6.45) is 6.39. The number of hydrogen-bond donors (Lipinski definition) is 1. The predicted molar refractivity (Wildman–Crippen MR) is 76.4 cm³/mol. The van der Waals surface area contributed by atoms with E-state index in [1.165, 1.54) is 11.0 Å². The lowest BCUT2D eigenvalue weighted by atomic mass is 10.2. The fourth-order valence-electron chi connectivity index (χ4n) is 2.37. The Morgan fingerprint density at radius 1 is 1.57 bits per heavy atom. The molecule has 1 amide bonds. The number of carboxylic acids is 1. The molecule has 6 nitrogen and oxygen atoms in total. The molecule has 2 rings (SSSR count). The third-order valence-electron chi connectivity index (χ3n) is 3.34. The average Bonchev–Trinajstić information content (AvgIpc) is 2.90. The molecular formula is C15H18N2O4. The quantitative estimate of drug-likeness (QED) is 0.824. The monoisotopic (exact) mass is 290 g/mol. The maximum Gasteiger partial charge on any atom is 0.326 e. The van der Waals surface area contributed by atoms with Crippen LogP contribution in [-0.4, -0.2) is 52.2 Å². The molecule has 112 valence electrons. The number of carbonyl (C=O) groups excluding carboxylic acids is 1. The van der Waals surface area contributed by atoms with Crippen LogP contribution in [0.4, 0.5) is 0 Å². The van der Waals surface area contributed by atoms with Crippen molar-refractivity contribution >= 4 is 18.0 Å². The highest BCUT2D eigenvalue weighted by Crippen LogP contribution is 2.21. The van der Waals surface area contributed by atoms with Gasteiger partial charge in [-0.25, -0.2) is 4.79 Å². The zero-order chi connectivity index (χ0) is 15.2. The standard InChI is InChI=1S/C15H18N2O4/c1-2-21-12-8-13(15(19)20)17(10-12)14(18)6-5-11-4-3-7-16-9-11/h3-7,9,12-13H,2,8,10H2,1H3,(H,19,20)/b6-5+/t12-,13-/m1/s1. The molecule has 0 radical (unpaired) electrons. The van der Waals surface area contributed by atoms with Crippen LogP contribution in [0, 0.1) is 0 Å². The van der Waals surface area contributed by atoms with Crippen LogP contribution >= 0.6 is 0 Å². The number of hydrogen-bond acceptors (Lipinski definition) is 4. The normalized spacial score (nSPS) is 21.9. The molecule has 1 fully saturated rings. The zero-order valence-corrected chi connectivity index (χ0v) is 11.8. The molecule has 1 N–H and O–H groups in total. The highest BCUT2D eigenvalue weighted by molar-refractivity contribution is 5.94. The number of nitrogens with zero attached hydrogens (tertiary/aromatic N) is 2. The van der Waals surface area contributed by atoms with Gasteiger partial charge in [0.25, 0.3) is 0 Å². The lowest BCUT2D eigenvalue weighted by Gasteiger charge is -2.19. The molecule has 2 atom stereocenters. The van der Waals surface area contributed by atoms with Crippen LogP contribution in [0.1, 0.15) is 18.9 Å². The van der Waals surface area contributed by atoms with Gasteiger partial charge in [-0.2, -0.15) is 0 Å². The Balaban J connectivity index is 2.06. The minimum atomic E-state index is -1.000. The fraction of sp³-hybridized carbons (Fsp3) is 0.400. The third kappa shape index (κ3) is 3.88. The molecule has 1 aliphatic heterocycles. The number of carboxylic acid groups (broad SMARTS) is 1. The molecule has 1 aliphatic rings. The first kappa shape index (κ1) is 15.2. The third-order valence-corrected chi connectivity index (χ3v) is 3.34. The molecule has 21 heavy (non-hydrogen) atoms. The molecule has 2 heterocycles. The fourth-order valence-corrected chi connectivity index (χ4v) is 2.37. The van der Waals surface area contributed by atoms with Crippen LogP contribution in [0.2, 0.25) is 0 Å². The van der Waals surface area contributed by atoms with Crippen LogP contribution in [0.25, 0.3) is 6.08 Å². The topological polar surface area (TPSA) is 79.7 Å². The summed E-state index contributed by atoms with van der Waals surface area (Å²) in [5.74, 6) is -1.33. The molecular weight excluding hydrogens is 272 g/mol. The number of pyridine rings is 1. The Kier molecular flexibility index (Phi) is 5.05. The molecule has 1 aromatic heterocycles. The van der Waals surface area contributed by atoms with Crippen molar-refractivity contribution in [2.75, 3.05) is 13.2 Å². The van der Waals surface area contributed by atoms with E-state index < -0.39 is 12.0 Å². The summed E-state index contributed by atoms with van der Waals surface area (Å²) >= 11 is 0. The van der Waals surface area contributed by atoms with Crippen molar-refractivity contribution in [1.82, 2.24) is 9.88 Å². The highest BCUT2D eigenvalue weighted by Gasteiger charge is 2.39. The summed E-state index contributed by atoms with van der Waals surface area (Å²) in [5, 5.41) is 9.22. The van der Waals surface area contributed by atoms with Crippen LogP contribution < -0.4 is 0 Å². The van der Waals surface area contributed by atoms with Gasteiger partial charge in [0.1, 0.15) is 6.04 Å². The smallest absolute Gasteiger partial charge is 0.326 e. The van der Waals surface area contributed by atoms with Crippen molar-refractivity contribution in [2.24, 2.45) is 0 Å². The SMILES string of the molecule is CCO[C@@H]1C[C@H](C(=O)O)N(C(=O)/C=C/c2cccnc2)C1. The van der Waals surface area contributed by atoms with Crippen LogP contribution in [0.5, 0.6) is 0 Å². The van der Waals surface area contributed by atoms with Crippen LogP contribution in [-0.2, 0) is 14.3 Å². The zero-order valence-electron chi connectivity index (χ0n) is 11.8. The summed E-state index contributed by atoms with van der Waals surface area (Å²) in [6, 6.07) is 2.76. The van der Waals surface area contributed by atoms with Crippen LogP contribution in [0.15, 0.2) is 30.6 Å². The number of likely N-dealkylation sites (tertiary alicyclic amines) is 1. The predicted octanol–water partition coefficient (Wildman–Crippen LogP) is 1.19. The molecule has 0 bridgehead atoms. The minimum absolute atomic E-state index is 0.216. The van der Waals surface area contributed by atoms with E-state index in [4.69, 9.17) is 4.74 Å². The lowest BCUT2D eigenvalue weighted by molar-refractivity contribution is -0.146. The van der Waals surface area contributed by atoms with E-state index in [0.29, 0.717) is 19.6 Å². The Bertz CT molecular complexity index is 530. The molecule has 0 saturated carbocycles. The van der Waals surface area contributed by atoms with Crippen LogP contribution in [0.3, 0.4) is 0 Å². The Morgan fingerprint density at radius 2 is 2.38 bits per heavy atom. The first-order valence-electron chi connectivity index (χ1n) is 6.85. The largest absolute Gasteiger partial charge is 0.480 e. The van der Waals surface area contributed by atoms with Gasteiger partial charge in [0.05, 0.1) is 6.10 Å². The van der Waals surface area contributed by atoms with Gasteiger partial charge in [0.2, 0.25) is 5.91 Å². The van der Waals surface area contributed by atoms with E-state index in [2.05, 4.69) is 4.98 Å². The van der Waals surface area contributed by atoms with Gasteiger partial charge >= 0.3 is 5.97 Å². The van der Waals surface area contributed by atoms with Crippen molar-refractivity contribution in [3.63, 3.8) is 0 Å². The van der Waals surface area contributed by atoms with Gasteiger partial charge in [-0.05, 0) is 24.6 Å². The molecule has 0 aromatic carbocycles. The molecule has 0 spiro atoms. The van der Waals surface area contributed by atoms with Crippen molar-refractivity contribution < 1.29 is 19.4 Å². The van der Waals surface area contributed by atoms with Gasteiger partial charge in [0.15, 0.2) is 0 Å². The van der Waals surface area contributed by atoms with Gasteiger partial charge in [-0.3, -0.25) is 9.78 Å². The van der Waals surface area contributed by atoms with Gasteiger partial charge in [-0.1, -0.05) is 6.07 Å². The number of ether oxygens (including phenoxy) is 1. The Morgan fingerprint density at radius 3 is 3.00 bits per heavy atom. The molecule has 1 aromatic rings. The summed E-state index contributed by atoms with van der Waals surface area (Å²) in [7, 11) is 0. The second-order valence-electron chi connectivity index (χ2n) is 4.78. The number of amides is 1. The van der Waals surface area contributed by atoms with E-state index in [-0.39, 0.29) is 12.0 Å². The second-order valence-corrected chi connectivity index (χ2v) is 4.78. The minimum Gasteiger partial charge on any atom is -0.480 e. The molecule has 0 aliphatic carbocycles. The second kappa shape index (κ2) is 6.99. The van der Waals surface area contributed by atoms with Gasteiger partial charge in [0, 0.05) is 38.0 Å². The van der Waals surface area contributed by atoms with E-state index in [9.17, 15) is 14.7 Å². The average molecular weight is 290 g/mol. The summed E-state index contributed by atoms with van der Waals surface area (Å²) < 4.78 is 5.44.